The van der Waals surface area contributed by atoms with Gasteiger partial charge in [0.1, 0.15) is 5.78 Å². The van der Waals surface area contributed by atoms with Gasteiger partial charge < -0.3 is 9.53 Å². The molecule has 4 heteroatoms. The van der Waals surface area contributed by atoms with Crippen molar-refractivity contribution in [2.75, 3.05) is 0 Å². The SMILES string of the molecule is CCC(O)C(C)C(=O)[C@@H](C)[C@@H]1O[Si](C(C)(C)C)(C(C)(C)C)[C@@H](C)[C@H]1C. The van der Waals surface area contributed by atoms with Crippen molar-refractivity contribution in [3.63, 3.8) is 0 Å². The van der Waals surface area contributed by atoms with Gasteiger partial charge in [-0.1, -0.05) is 76.2 Å². The van der Waals surface area contributed by atoms with E-state index in [9.17, 15) is 9.90 Å². The Balaban J connectivity index is 3.23. The predicted octanol–water partition coefficient (Wildman–Crippen LogP) is 5.57. The highest BCUT2D eigenvalue weighted by atomic mass is 28.4. The molecule has 0 spiro atoms. The van der Waals surface area contributed by atoms with Gasteiger partial charge in [0.15, 0.2) is 0 Å². The summed E-state index contributed by atoms with van der Waals surface area (Å²) < 4.78 is 6.99. The van der Waals surface area contributed by atoms with Crippen molar-refractivity contribution in [2.45, 2.75) is 110 Å². The number of rotatable bonds is 5. The summed E-state index contributed by atoms with van der Waals surface area (Å²) in [5, 5.41) is 10.3. The normalized spacial score (nSPS) is 30.8. The molecular weight excluding hydrogens is 328 g/mol. The highest BCUT2D eigenvalue weighted by Gasteiger charge is 2.65. The zero-order valence-corrected chi connectivity index (χ0v) is 19.4. The van der Waals surface area contributed by atoms with Crippen LogP contribution in [0.15, 0.2) is 0 Å². The van der Waals surface area contributed by atoms with E-state index in [0.717, 1.165) is 0 Å². The van der Waals surface area contributed by atoms with Crippen molar-refractivity contribution in [3.8, 4) is 0 Å². The molecule has 0 aliphatic carbocycles. The van der Waals surface area contributed by atoms with Crippen LogP contribution < -0.4 is 0 Å². The maximum Gasteiger partial charge on any atom is 0.206 e. The predicted molar refractivity (Wildman–Crippen MR) is 108 cm³/mol. The lowest BCUT2D eigenvalue weighted by Crippen LogP contribution is -2.55. The first kappa shape index (κ1) is 22.8. The maximum absolute atomic E-state index is 13.0. The summed E-state index contributed by atoms with van der Waals surface area (Å²) >= 11 is 0. The van der Waals surface area contributed by atoms with E-state index in [1.165, 1.54) is 0 Å². The molecule has 1 saturated heterocycles. The van der Waals surface area contributed by atoms with E-state index in [2.05, 4.69) is 55.4 Å². The second-order valence-corrected chi connectivity index (χ2v) is 16.0. The van der Waals surface area contributed by atoms with E-state index in [4.69, 9.17) is 4.43 Å². The van der Waals surface area contributed by atoms with Crippen molar-refractivity contribution in [1.82, 2.24) is 0 Å². The Morgan fingerprint density at radius 3 is 1.84 bits per heavy atom. The first-order valence-electron chi connectivity index (χ1n) is 10.0. The molecule has 25 heavy (non-hydrogen) atoms. The minimum atomic E-state index is -2.16. The van der Waals surface area contributed by atoms with Gasteiger partial charge in [0, 0.05) is 11.8 Å². The van der Waals surface area contributed by atoms with E-state index in [0.29, 0.717) is 17.9 Å². The molecule has 0 amide bonds. The minimum Gasteiger partial charge on any atom is -0.412 e. The zero-order chi connectivity index (χ0) is 20.0. The van der Waals surface area contributed by atoms with Gasteiger partial charge in [0.05, 0.1) is 12.2 Å². The van der Waals surface area contributed by atoms with Crippen LogP contribution in [0.5, 0.6) is 0 Å². The van der Waals surface area contributed by atoms with Crippen LogP contribution in [0.3, 0.4) is 0 Å². The van der Waals surface area contributed by atoms with E-state index in [-0.39, 0.29) is 33.8 Å². The van der Waals surface area contributed by atoms with E-state index < -0.39 is 14.4 Å². The number of carbonyl (C=O) groups excluding carboxylic acids is 1. The van der Waals surface area contributed by atoms with Crippen molar-refractivity contribution in [1.29, 1.82) is 0 Å². The lowest BCUT2D eigenvalue weighted by Gasteiger charge is -2.51. The molecule has 148 valence electrons. The summed E-state index contributed by atoms with van der Waals surface area (Å²) in [5.41, 5.74) is 0.485. The molecule has 0 aromatic rings. The van der Waals surface area contributed by atoms with E-state index in [1.807, 2.05) is 20.8 Å². The molecule has 1 aliphatic heterocycles. The molecule has 0 saturated carbocycles. The first-order valence-corrected chi connectivity index (χ1v) is 12.0. The van der Waals surface area contributed by atoms with Gasteiger partial charge in [0.25, 0.3) is 0 Å². The average molecular weight is 371 g/mol. The summed E-state index contributed by atoms with van der Waals surface area (Å²) in [6.45, 7) is 24.3. The van der Waals surface area contributed by atoms with Gasteiger partial charge in [-0.3, -0.25) is 4.79 Å². The van der Waals surface area contributed by atoms with Crippen LogP contribution in [0.2, 0.25) is 15.6 Å². The van der Waals surface area contributed by atoms with E-state index >= 15 is 0 Å². The van der Waals surface area contributed by atoms with Crippen LogP contribution in [0.4, 0.5) is 0 Å². The minimum absolute atomic E-state index is 0.0425. The Labute approximate surface area is 157 Å². The molecule has 3 nitrogen and oxygen atoms in total. The smallest absolute Gasteiger partial charge is 0.206 e. The van der Waals surface area contributed by atoms with Crippen LogP contribution in [0.25, 0.3) is 0 Å². The maximum atomic E-state index is 13.0. The second kappa shape index (κ2) is 7.44. The Hall–Kier alpha value is -0.193. The summed E-state index contributed by atoms with van der Waals surface area (Å²) in [6.07, 6.45) is 0.00944. The number of Topliss-reactive ketones (excluding diaryl/α,β-unsaturated/α-hetero) is 1. The highest BCUT2D eigenvalue weighted by molar-refractivity contribution is 6.81. The monoisotopic (exact) mass is 370 g/mol. The number of hydrogen-bond donors (Lipinski definition) is 1. The summed E-state index contributed by atoms with van der Waals surface area (Å²) in [5.74, 6) is 0.000765. The second-order valence-electron chi connectivity index (χ2n) is 10.4. The molecule has 0 aromatic heterocycles. The fourth-order valence-electron chi connectivity index (χ4n) is 5.61. The van der Waals surface area contributed by atoms with Crippen molar-refractivity contribution >= 4 is 14.1 Å². The molecule has 6 atom stereocenters. The van der Waals surface area contributed by atoms with E-state index in [1.54, 1.807) is 0 Å². The lowest BCUT2D eigenvalue weighted by molar-refractivity contribution is -0.132. The fourth-order valence-corrected chi connectivity index (χ4v) is 13.3. The van der Waals surface area contributed by atoms with Gasteiger partial charge >= 0.3 is 0 Å². The van der Waals surface area contributed by atoms with Gasteiger partial charge in [-0.2, -0.15) is 0 Å². The zero-order valence-electron chi connectivity index (χ0n) is 18.4. The Bertz CT molecular complexity index is 461. The third-order valence-corrected chi connectivity index (χ3v) is 13.8. The quantitative estimate of drug-likeness (QED) is 0.644. The van der Waals surface area contributed by atoms with Crippen molar-refractivity contribution in [3.05, 3.63) is 0 Å². The molecular formula is C21H42O3Si. The number of hydrogen-bond acceptors (Lipinski definition) is 3. The number of aliphatic hydroxyl groups excluding tert-OH is 1. The Kier molecular flexibility index (Phi) is 6.80. The number of aliphatic hydroxyl groups is 1. The standard InChI is InChI=1S/C21H42O3Si/c1-12-17(22)14(3)18(23)15(4)19-13(2)16(5)25(24-19,20(6,7)8)21(9,10)11/h13-17,19,22H,12H2,1-11H3/t13-,14?,15-,16+,17?,19-/m1/s1. The first-order chi connectivity index (χ1) is 11.1. The van der Waals surface area contributed by atoms with Gasteiger partial charge in [0.2, 0.25) is 8.32 Å². The molecule has 2 unspecified atom stereocenters. The summed E-state index contributed by atoms with van der Waals surface area (Å²) in [7, 11) is -2.16. The molecule has 0 bridgehead atoms. The van der Waals surface area contributed by atoms with Crippen molar-refractivity contribution < 1.29 is 14.3 Å². The fraction of sp³-hybridized carbons (Fsp3) is 0.952. The summed E-state index contributed by atoms with van der Waals surface area (Å²) in [4.78, 5) is 13.0. The molecule has 1 aliphatic rings. The average Bonchev–Trinajstić information content (AvgIpc) is 2.77. The van der Waals surface area contributed by atoms with Crippen LogP contribution in [0, 0.1) is 17.8 Å². The van der Waals surface area contributed by atoms with Gasteiger partial charge in [-0.05, 0) is 28.0 Å². The Morgan fingerprint density at radius 1 is 1.08 bits per heavy atom. The molecule has 0 aromatic carbocycles. The number of ketones is 1. The van der Waals surface area contributed by atoms with Crippen LogP contribution >= 0.6 is 0 Å². The molecule has 1 rings (SSSR count). The van der Waals surface area contributed by atoms with Crippen LogP contribution in [-0.2, 0) is 9.22 Å². The largest absolute Gasteiger partial charge is 0.412 e. The molecule has 1 fully saturated rings. The third-order valence-electron chi connectivity index (χ3n) is 6.88. The topological polar surface area (TPSA) is 46.5 Å². The van der Waals surface area contributed by atoms with Crippen LogP contribution in [-0.4, -0.2) is 31.4 Å². The number of carbonyl (C=O) groups is 1. The molecule has 1 heterocycles. The van der Waals surface area contributed by atoms with Crippen molar-refractivity contribution in [2.24, 2.45) is 17.8 Å². The van der Waals surface area contributed by atoms with Gasteiger partial charge in [-0.25, -0.2) is 0 Å². The highest BCUT2D eigenvalue weighted by Crippen LogP contribution is 2.64. The third kappa shape index (κ3) is 3.77. The molecule has 0 radical (unpaired) electrons. The lowest BCUT2D eigenvalue weighted by atomic mass is 9.82. The summed E-state index contributed by atoms with van der Waals surface area (Å²) in [6, 6.07) is 0. The van der Waals surface area contributed by atoms with Crippen LogP contribution in [0.1, 0.15) is 82.6 Å². The molecule has 1 N–H and O–H groups in total. The van der Waals surface area contributed by atoms with Gasteiger partial charge in [-0.15, -0.1) is 0 Å². The Morgan fingerprint density at radius 2 is 1.52 bits per heavy atom.